The van der Waals surface area contributed by atoms with Gasteiger partial charge in [-0.1, -0.05) is 0 Å². The molecule has 1 heterocycles. The van der Waals surface area contributed by atoms with Gasteiger partial charge in [-0.3, -0.25) is 14.4 Å². The first kappa shape index (κ1) is 17.8. The Morgan fingerprint density at radius 2 is 1.92 bits per heavy atom. The molecule has 1 N–H and O–H groups in total. The number of carboxylic acids is 1. The normalized spacial score (nSPS) is 17.2. The van der Waals surface area contributed by atoms with E-state index in [2.05, 4.69) is 0 Å². The number of hydrogen-bond acceptors (Lipinski definition) is 3. The summed E-state index contributed by atoms with van der Waals surface area (Å²) in [7, 11) is 1.50. The highest BCUT2D eigenvalue weighted by Crippen LogP contribution is 2.27. The van der Waals surface area contributed by atoms with E-state index < -0.39 is 35.3 Å². The first-order chi connectivity index (χ1) is 11.3. The number of rotatable bonds is 6. The minimum atomic E-state index is -0.952. The quantitative estimate of drug-likeness (QED) is 0.799. The molecule has 1 aliphatic rings. The maximum Gasteiger partial charge on any atom is 0.303 e. The molecule has 6 nitrogen and oxygen atoms in total. The predicted octanol–water partition coefficient (Wildman–Crippen LogP) is 1.64. The maximum atomic E-state index is 13.3. The highest BCUT2D eigenvalue weighted by Gasteiger charge is 2.39. The van der Waals surface area contributed by atoms with Crippen LogP contribution < -0.4 is 4.90 Å². The molecule has 1 aromatic carbocycles. The molecule has 1 aliphatic heterocycles. The van der Waals surface area contributed by atoms with Crippen LogP contribution in [-0.4, -0.2) is 47.9 Å². The lowest BCUT2D eigenvalue weighted by atomic mass is 10.1. The molecule has 1 fully saturated rings. The van der Waals surface area contributed by atoms with Crippen LogP contribution in [0.1, 0.15) is 19.3 Å². The van der Waals surface area contributed by atoms with E-state index in [4.69, 9.17) is 5.11 Å². The summed E-state index contributed by atoms with van der Waals surface area (Å²) in [6.07, 6.45) is 0.474. The highest BCUT2D eigenvalue weighted by molar-refractivity contribution is 6.09. The summed E-state index contributed by atoms with van der Waals surface area (Å²) in [6, 6.07) is 2.80. The van der Waals surface area contributed by atoms with Crippen LogP contribution in [0.25, 0.3) is 0 Å². The van der Waals surface area contributed by atoms with E-state index in [1.165, 1.54) is 16.8 Å². The van der Waals surface area contributed by atoms with Crippen molar-refractivity contribution in [3.05, 3.63) is 29.8 Å². The maximum absolute atomic E-state index is 13.3. The topological polar surface area (TPSA) is 77.9 Å². The van der Waals surface area contributed by atoms with Crippen LogP contribution in [-0.2, 0) is 14.4 Å². The van der Waals surface area contributed by atoms with Gasteiger partial charge in [0, 0.05) is 38.3 Å². The van der Waals surface area contributed by atoms with Crippen molar-refractivity contribution >= 4 is 23.5 Å². The third kappa shape index (κ3) is 4.06. The predicted molar refractivity (Wildman–Crippen MR) is 81.3 cm³/mol. The molecule has 24 heavy (non-hydrogen) atoms. The van der Waals surface area contributed by atoms with Gasteiger partial charge in [0.2, 0.25) is 11.8 Å². The lowest BCUT2D eigenvalue weighted by Gasteiger charge is -2.21. The molecular formula is C16H18F2N2O4. The molecule has 2 amide bonds. The van der Waals surface area contributed by atoms with E-state index in [0.29, 0.717) is 6.07 Å². The monoisotopic (exact) mass is 340 g/mol. The van der Waals surface area contributed by atoms with Gasteiger partial charge < -0.3 is 14.9 Å². The SMILES string of the molecule is CN(CCCC(=O)O)C(=O)[C@H]1CCN(c2cc(F)cc(F)c2)C1=O. The molecule has 1 saturated heterocycles. The first-order valence-electron chi connectivity index (χ1n) is 7.54. The Labute approximate surface area is 137 Å². The van der Waals surface area contributed by atoms with Crippen LogP contribution in [0.5, 0.6) is 0 Å². The number of nitrogens with zero attached hydrogens (tertiary/aromatic N) is 2. The van der Waals surface area contributed by atoms with Crippen molar-refractivity contribution in [3.8, 4) is 0 Å². The molecular weight excluding hydrogens is 322 g/mol. The molecule has 0 radical (unpaired) electrons. The van der Waals surface area contributed by atoms with Gasteiger partial charge in [-0.2, -0.15) is 0 Å². The molecule has 130 valence electrons. The summed E-state index contributed by atoms with van der Waals surface area (Å²) in [5.74, 6) is -4.37. The van der Waals surface area contributed by atoms with Gasteiger partial charge >= 0.3 is 5.97 Å². The van der Waals surface area contributed by atoms with E-state index in [0.717, 1.165) is 12.1 Å². The van der Waals surface area contributed by atoms with Gasteiger partial charge in [-0.05, 0) is 25.0 Å². The second kappa shape index (κ2) is 7.37. The number of carboxylic acid groups (broad SMARTS) is 1. The largest absolute Gasteiger partial charge is 0.481 e. The van der Waals surface area contributed by atoms with E-state index in [1.54, 1.807) is 0 Å². The van der Waals surface area contributed by atoms with Gasteiger partial charge in [0.25, 0.3) is 0 Å². The van der Waals surface area contributed by atoms with E-state index in [-0.39, 0.29) is 38.0 Å². The molecule has 0 saturated carbocycles. The number of anilines is 1. The second-order valence-corrected chi connectivity index (χ2v) is 5.72. The Hall–Kier alpha value is -2.51. The molecule has 1 aromatic rings. The molecule has 0 spiro atoms. The number of aliphatic carboxylic acids is 1. The van der Waals surface area contributed by atoms with Crippen LogP contribution in [0.2, 0.25) is 0 Å². The van der Waals surface area contributed by atoms with Crippen LogP contribution in [0.3, 0.4) is 0 Å². The van der Waals surface area contributed by atoms with Gasteiger partial charge in [0.05, 0.1) is 0 Å². The summed E-state index contributed by atoms with van der Waals surface area (Å²) < 4.78 is 26.6. The van der Waals surface area contributed by atoms with Gasteiger partial charge in [0.15, 0.2) is 0 Å². The number of benzene rings is 1. The van der Waals surface area contributed by atoms with E-state index in [1.807, 2.05) is 0 Å². The fourth-order valence-corrected chi connectivity index (χ4v) is 2.70. The Balaban J connectivity index is 2.02. The van der Waals surface area contributed by atoms with Crippen molar-refractivity contribution in [2.45, 2.75) is 19.3 Å². The molecule has 2 rings (SSSR count). The zero-order chi connectivity index (χ0) is 17.9. The third-order valence-corrected chi connectivity index (χ3v) is 3.92. The summed E-state index contributed by atoms with van der Waals surface area (Å²) in [5.41, 5.74) is 0.0846. The van der Waals surface area contributed by atoms with Crippen molar-refractivity contribution in [3.63, 3.8) is 0 Å². The lowest BCUT2D eigenvalue weighted by Crippen LogP contribution is -2.38. The molecule has 1 atom stereocenters. The second-order valence-electron chi connectivity index (χ2n) is 5.72. The van der Waals surface area contributed by atoms with Crippen molar-refractivity contribution in [1.82, 2.24) is 4.90 Å². The standard InChI is InChI=1S/C16H18F2N2O4/c1-19(5-2-3-14(21)22)15(23)13-4-6-20(16(13)24)12-8-10(17)7-11(18)9-12/h7-9,13H,2-6H2,1H3,(H,21,22)/t13-/m1/s1. The van der Waals surface area contributed by atoms with Crippen molar-refractivity contribution in [2.24, 2.45) is 5.92 Å². The van der Waals surface area contributed by atoms with Gasteiger partial charge in [-0.25, -0.2) is 8.78 Å². The number of halogens is 2. The average molecular weight is 340 g/mol. The van der Waals surface area contributed by atoms with E-state index >= 15 is 0 Å². The van der Waals surface area contributed by atoms with Crippen molar-refractivity contribution in [1.29, 1.82) is 0 Å². The number of amides is 2. The molecule has 8 heteroatoms. The number of carbonyl (C=O) groups is 3. The van der Waals surface area contributed by atoms with Gasteiger partial charge in [0.1, 0.15) is 17.6 Å². The summed E-state index contributed by atoms with van der Waals surface area (Å²) in [5, 5.41) is 8.60. The zero-order valence-electron chi connectivity index (χ0n) is 13.2. The van der Waals surface area contributed by atoms with Crippen molar-refractivity contribution in [2.75, 3.05) is 25.0 Å². The number of hydrogen-bond donors (Lipinski definition) is 1. The number of carbonyl (C=O) groups excluding carboxylic acids is 2. The first-order valence-corrected chi connectivity index (χ1v) is 7.54. The fraction of sp³-hybridized carbons (Fsp3) is 0.438. The molecule has 0 aromatic heterocycles. The minimum Gasteiger partial charge on any atom is -0.481 e. The highest BCUT2D eigenvalue weighted by atomic mass is 19.1. The van der Waals surface area contributed by atoms with Crippen LogP contribution in [0.4, 0.5) is 14.5 Å². The minimum absolute atomic E-state index is 0.0646. The fourth-order valence-electron chi connectivity index (χ4n) is 2.70. The third-order valence-electron chi connectivity index (χ3n) is 3.92. The van der Waals surface area contributed by atoms with E-state index in [9.17, 15) is 23.2 Å². The summed E-state index contributed by atoms with van der Waals surface area (Å²) >= 11 is 0. The summed E-state index contributed by atoms with van der Waals surface area (Å²) in [6.45, 7) is 0.421. The zero-order valence-corrected chi connectivity index (χ0v) is 13.2. The Morgan fingerprint density at radius 3 is 2.50 bits per heavy atom. The molecule has 0 aliphatic carbocycles. The van der Waals surface area contributed by atoms with Crippen LogP contribution in [0.15, 0.2) is 18.2 Å². The lowest BCUT2D eigenvalue weighted by molar-refractivity contribution is -0.141. The van der Waals surface area contributed by atoms with Crippen molar-refractivity contribution < 1.29 is 28.3 Å². The average Bonchev–Trinajstić information content (AvgIpc) is 2.86. The van der Waals surface area contributed by atoms with Gasteiger partial charge in [-0.15, -0.1) is 0 Å². The molecule has 0 bridgehead atoms. The Morgan fingerprint density at radius 1 is 1.29 bits per heavy atom. The van der Waals surface area contributed by atoms with Crippen LogP contribution in [0, 0.1) is 17.6 Å². The molecule has 0 unspecified atom stereocenters. The Bertz CT molecular complexity index is 645. The Kier molecular flexibility index (Phi) is 5.48. The smallest absolute Gasteiger partial charge is 0.303 e. The van der Waals surface area contributed by atoms with Crippen LogP contribution >= 0.6 is 0 Å². The summed E-state index contributed by atoms with van der Waals surface area (Å²) in [4.78, 5) is 37.7.